The Hall–Kier alpha value is -5.42. The fourth-order valence-corrected chi connectivity index (χ4v) is 5.41. The van der Waals surface area contributed by atoms with Crippen molar-refractivity contribution in [2.45, 2.75) is 43.3 Å². The van der Waals surface area contributed by atoms with Crippen molar-refractivity contribution in [1.82, 2.24) is 5.32 Å². The van der Waals surface area contributed by atoms with E-state index in [4.69, 9.17) is 4.74 Å². The standard InChI is InChI=1S/C36H36N4O6S/c1-3-5-22-46-29-20-18-27(19-21-29)37-36(43)33(4-2)47-30-16-11-15-28(24-30)38-35(42)31(39-34(41)25-12-7-6-8-13-25)23-26-14-9-10-17-32(26)40(44)45/h6-21,23-24,33H,3-5,22H2,1-2H3,(H,37,43)(H,38,42)(H,39,41)/b31-23+. The van der Waals surface area contributed by atoms with E-state index in [0.717, 1.165) is 23.5 Å². The van der Waals surface area contributed by atoms with Gasteiger partial charge in [0.15, 0.2) is 0 Å². The zero-order valence-electron chi connectivity index (χ0n) is 26.1. The minimum absolute atomic E-state index is 0.149. The van der Waals surface area contributed by atoms with Crippen LogP contribution >= 0.6 is 11.8 Å². The molecule has 0 heterocycles. The molecule has 10 nitrogen and oxygen atoms in total. The highest BCUT2D eigenvalue weighted by atomic mass is 32.2. The second-order valence-electron chi connectivity index (χ2n) is 10.4. The first-order valence-electron chi connectivity index (χ1n) is 15.2. The number of hydrogen-bond donors (Lipinski definition) is 3. The summed E-state index contributed by atoms with van der Waals surface area (Å²) in [6, 6.07) is 28.5. The van der Waals surface area contributed by atoms with Crippen LogP contribution in [0.5, 0.6) is 5.75 Å². The summed E-state index contributed by atoms with van der Waals surface area (Å²) >= 11 is 1.35. The number of ether oxygens (including phenoxy) is 1. The van der Waals surface area contributed by atoms with Crippen molar-refractivity contribution in [1.29, 1.82) is 0 Å². The number of thioether (sulfide) groups is 1. The third kappa shape index (κ3) is 10.3. The predicted molar refractivity (Wildman–Crippen MR) is 185 cm³/mol. The Labute approximate surface area is 277 Å². The molecule has 0 aromatic heterocycles. The molecular formula is C36H36N4O6S. The van der Waals surface area contributed by atoms with Crippen molar-refractivity contribution in [2.24, 2.45) is 0 Å². The fourth-order valence-electron chi connectivity index (χ4n) is 4.40. The van der Waals surface area contributed by atoms with Gasteiger partial charge >= 0.3 is 0 Å². The lowest BCUT2D eigenvalue weighted by Crippen LogP contribution is -2.30. The van der Waals surface area contributed by atoms with E-state index in [1.54, 1.807) is 66.7 Å². The molecule has 0 bridgehead atoms. The van der Waals surface area contributed by atoms with Gasteiger partial charge in [0.1, 0.15) is 11.4 Å². The van der Waals surface area contributed by atoms with Crippen LogP contribution in [0.15, 0.2) is 114 Å². The van der Waals surface area contributed by atoms with Crippen molar-refractivity contribution in [3.8, 4) is 5.75 Å². The molecule has 0 saturated carbocycles. The number of amides is 3. The van der Waals surface area contributed by atoms with Gasteiger partial charge in [-0.1, -0.05) is 56.7 Å². The molecule has 0 radical (unpaired) electrons. The molecular weight excluding hydrogens is 616 g/mol. The normalized spacial score (nSPS) is 11.7. The summed E-state index contributed by atoms with van der Waals surface area (Å²) < 4.78 is 5.69. The highest BCUT2D eigenvalue weighted by Gasteiger charge is 2.20. The van der Waals surface area contributed by atoms with Gasteiger partial charge in [-0.25, -0.2) is 0 Å². The van der Waals surface area contributed by atoms with Gasteiger partial charge in [0.2, 0.25) is 5.91 Å². The lowest BCUT2D eigenvalue weighted by molar-refractivity contribution is -0.385. The van der Waals surface area contributed by atoms with Crippen molar-refractivity contribution < 1.29 is 24.0 Å². The number of benzene rings is 4. The van der Waals surface area contributed by atoms with Crippen LogP contribution in [0, 0.1) is 10.1 Å². The maximum absolute atomic E-state index is 13.5. The topological polar surface area (TPSA) is 140 Å². The van der Waals surface area contributed by atoms with E-state index < -0.39 is 22.0 Å². The Kier molecular flexibility index (Phi) is 12.7. The number of nitrogens with one attached hydrogen (secondary N) is 3. The van der Waals surface area contributed by atoms with Crippen LogP contribution in [0.4, 0.5) is 17.1 Å². The van der Waals surface area contributed by atoms with Gasteiger partial charge in [-0.2, -0.15) is 0 Å². The average Bonchev–Trinajstić information content (AvgIpc) is 3.08. The maximum atomic E-state index is 13.5. The van der Waals surface area contributed by atoms with Crippen molar-refractivity contribution in [3.05, 3.63) is 130 Å². The van der Waals surface area contributed by atoms with Crippen molar-refractivity contribution >= 4 is 52.6 Å². The molecule has 1 unspecified atom stereocenters. The summed E-state index contributed by atoms with van der Waals surface area (Å²) in [5, 5.41) is 19.5. The van der Waals surface area contributed by atoms with Crippen LogP contribution in [0.2, 0.25) is 0 Å². The zero-order chi connectivity index (χ0) is 33.6. The Morgan fingerprint density at radius 3 is 2.30 bits per heavy atom. The van der Waals surface area contributed by atoms with Crippen LogP contribution < -0.4 is 20.7 Å². The van der Waals surface area contributed by atoms with Gasteiger partial charge in [0.25, 0.3) is 17.5 Å². The molecule has 47 heavy (non-hydrogen) atoms. The number of rotatable bonds is 15. The highest BCUT2D eigenvalue weighted by Crippen LogP contribution is 2.29. The van der Waals surface area contributed by atoms with E-state index in [0.29, 0.717) is 30.0 Å². The summed E-state index contributed by atoms with van der Waals surface area (Å²) in [6.45, 7) is 4.66. The number of nitro benzene ring substituents is 1. The van der Waals surface area contributed by atoms with E-state index >= 15 is 0 Å². The average molecular weight is 653 g/mol. The largest absolute Gasteiger partial charge is 0.494 e. The summed E-state index contributed by atoms with van der Waals surface area (Å²) in [6.07, 6.45) is 3.85. The molecule has 0 aliphatic rings. The minimum atomic E-state index is -0.679. The molecule has 0 saturated heterocycles. The molecule has 242 valence electrons. The van der Waals surface area contributed by atoms with E-state index in [9.17, 15) is 24.5 Å². The van der Waals surface area contributed by atoms with Gasteiger partial charge in [-0.3, -0.25) is 24.5 Å². The van der Waals surface area contributed by atoms with E-state index in [1.807, 2.05) is 25.1 Å². The first kappa shape index (κ1) is 34.5. The number of hydrogen-bond acceptors (Lipinski definition) is 7. The van der Waals surface area contributed by atoms with Crippen LogP contribution in [0.25, 0.3) is 6.08 Å². The number of para-hydroxylation sites is 1. The molecule has 3 amide bonds. The fraction of sp³-hybridized carbons (Fsp3) is 0.194. The lowest BCUT2D eigenvalue weighted by Gasteiger charge is -2.16. The minimum Gasteiger partial charge on any atom is -0.494 e. The first-order valence-corrected chi connectivity index (χ1v) is 16.1. The quantitative estimate of drug-likeness (QED) is 0.0393. The summed E-state index contributed by atoms with van der Waals surface area (Å²) in [4.78, 5) is 51.4. The lowest BCUT2D eigenvalue weighted by atomic mass is 10.1. The van der Waals surface area contributed by atoms with Gasteiger partial charge < -0.3 is 20.7 Å². The second kappa shape index (κ2) is 17.3. The zero-order valence-corrected chi connectivity index (χ0v) is 26.9. The number of unbranched alkanes of at least 4 members (excludes halogenated alkanes) is 1. The Morgan fingerprint density at radius 2 is 1.60 bits per heavy atom. The number of carbonyl (C=O) groups excluding carboxylic acids is 3. The van der Waals surface area contributed by atoms with E-state index in [2.05, 4.69) is 22.9 Å². The molecule has 0 spiro atoms. The van der Waals surface area contributed by atoms with Crippen LogP contribution in [0.3, 0.4) is 0 Å². The molecule has 4 rings (SSSR count). The smallest absolute Gasteiger partial charge is 0.276 e. The molecule has 3 N–H and O–H groups in total. The van der Waals surface area contributed by atoms with Crippen LogP contribution in [-0.2, 0) is 9.59 Å². The van der Waals surface area contributed by atoms with Gasteiger partial charge in [0.05, 0.1) is 22.3 Å². The van der Waals surface area contributed by atoms with E-state index in [-0.39, 0.29) is 22.9 Å². The molecule has 0 aliphatic carbocycles. The first-order chi connectivity index (χ1) is 22.8. The Morgan fingerprint density at radius 1 is 0.872 bits per heavy atom. The Balaban J connectivity index is 1.48. The monoisotopic (exact) mass is 652 g/mol. The Bertz CT molecular complexity index is 1730. The van der Waals surface area contributed by atoms with Crippen LogP contribution in [-0.4, -0.2) is 34.5 Å². The maximum Gasteiger partial charge on any atom is 0.276 e. The molecule has 0 fully saturated rings. The third-order valence-corrected chi connectivity index (χ3v) is 8.24. The second-order valence-corrected chi connectivity index (χ2v) is 11.7. The van der Waals surface area contributed by atoms with Gasteiger partial charge in [-0.15, -0.1) is 11.8 Å². The van der Waals surface area contributed by atoms with Crippen molar-refractivity contribution in [3.63, 3.8) is 0 Å². The van der Waals surface area contributed by atoms with E-state index in [1.165, 1.54) is 36.0 Å². The van der Waals surface area contributed by atoms with Gasteiger partial charge in [0, 0.05) is 27.9 Å². The summed E-state index contributed by atoms with van der Waals surface area (Å²) in [5.74, 6) is -0.645. The summed E-state index contributed by atoms with van der Waals surface area (Å²) in [7, 11) is 0. The molecule has 0 aliphatic heterocycles. The molecule has 4 aromatic carbocycles. The number of nitrogens with zero attached hydrogens (tertiary/aromatic N) is 1. The number of nitro groups is 1. The van der Waals surface area contributed by atoms with Gasteiger partial charge in [-0.05, 0) is 79.6 Å². The highest BCUT2D eigenvalue weighted by molar-refractivity contribution is 8.00. The molecule has 11 heteroatoms. The third-order valence-electron chi connectivity index (χ3n) is 6.88. The SMILES string of the molecule is CCCCOc1ccc(NC(=O)C(CC)Sc2cccc(NC(=O)/C(=C\c3ccccc3[N+](=O)[O-])NC(=O)c3ccccc3)c2)cc1. The van der Waals surface area contributed by atoms with Crippen LogP contribution in [0.1, 0.15) is 49.0 Å². The number of anilines is 2. The number of carbonyl (C=O) groups is 3. The molecule has 1 atom stereocenters. The summed E-state index contributed by atoms with van der Waals surface area (Å²) in [5.41, 5.74) is 1.14. The van der Waals surface area contributed by atoms with Crippen molar-refractivity contribution in [2.75, 3.05) is 17.2 Å². The predicted octanol–water partition coefficient (Wildman–Crippen LogP) is 7.69. The molecule has 4 aromatic rings.